The van der Waals surface area contributed by atoms with Gasteiger partial charge in [-0.15, -0.1) is 0 Å². The van der Waals surface area contributed by atoms with E-state index in [0.29, 0.717) is 42.7 Å². The lowest BCUT2D eigenvalue weighted by Crippen LogP contribution is -2.42. The lowest BCUT2D eigenvalue weighted by atomic mass is 9.86. The minimum absolute atomic E-state index is 0.0615. The van der Waals surface area contributed by atoms with Crippen LogP contribution in [0.5, 0.6) is 0 Å². The number of anilines is 1. The monoisotopic (exact) mass is 461 g/mol. The molecule has 0 aromatic carbocycles. The molecule has 1 N–H and O–H groups in total. The van der Waals surface area contributed by atoms with Crippen molar-refractivity contribution in [2.45, 2.75) is 58.0 Å². The van der Waals surface area contributed by atoms with E-state index in [1.165, 1.54) is 21.3 Å². The summed E-state index contributed by atoms with van der Waals surface area (Å²) in [6.07, 6.45) is 6.42. The summed E-state index contributed by atoms with van der Waals surface area (Å²) in [5.74, 6) is -0.506. The summed E-state index contributed by atoms with van der Waals surface area (Å²) < 4.78 is 41.0. The fraction of sp³-hybridized carbons (Fsp3) is 0.591. The van der Waals surface area contributed by atoms with Crippen molar-refractivity contribution in [2.75, 3.05) is 24.7 Å². The summed E-state index contributed by atoms with van der Waals surface area (Å²) in [6.45, 7) is 4.90. The number of hydrogen-bond acceptors (Lipinski definition) is 6. The van der Waals surface area contributed by atoms with Gasteiger partial charge in [0.1, 0.15) is 17.5 Å². The van der Waals surface area contributed by atoms with E-state index < -0.39 is 21.4 Å². The molecule has 1 saturated carbocycles. The van der Waals surface area contributed by atoms with Crippen LogP contribution in [0.15, 0.2) is 17.1 Å². The third-order valence-electron chi connectivity index (χ3n) is 6.91. The summed E-state index contributed by atoms with van der Waals surface area (Å²) in [5.41, 5.74) is -0.294. The van der Waals surface area contributed by atoms with E-state index in [2.05, 4.69) is 30.2 Å². The zero-order valence-electron chi connectivity index (χ0n) is 18.6. The summed E-state index contributed by atoms with van der Waals surface area (Å²) in [5, 5.41) is 13.7. The van der Waals surface area contributed by atoms with Crippen LogP contribution in [0.3, 0.4) is 0 Å². The molecule has 0 radical (unpaired) electrons. The number of halogens is 1. The van der Waals surface area contributed by atoms with Gasteiger partial charge in [-0.25, -0.2) is 22.1 Å². The highest BCUT2D eigenvalue weighted by molar-refractivity contribution is 7.88. The maximum absolute atomic E-state index is 14.5. The Bertz CT molecular complexity index is 1260. The van der Waals surface area contributed by atoms with Gasteiger partial charge in [0.2, 0.25) is 10.0 Å². The molecule has 1 atom stereocenters. The molecule has 10 heteroatoms. The standard InChI is InChI=1S/C22H28FN5O3S/c1-22(2)8-4-5-18(22)28-19-14(11-17(23)21(28)29)13-25-20(16(19)12-24)26-15-6-9-27(10-7-15)32(3,30)31/h11,13,15,18H,4-10H2,1-3H3,(H,25,26)/t18-/m1/s1. The van der Waals surface area contributed by atoms with Gasteiger partial charge in [0.25, 0.3) is 5.56 Å². The Morgan fingerprint density at radius 1 is 1.28 bits per heavy atom. The lowest BCUT2D eigenvalue weighted by molar-refractivity contribution is 0.259. The van der Waals surface area contributed by atoms with E-state index in [1.807, 2.05) is 0 Å². The molecule has 2 fully saturated rings. The van der Waals surface area contributed by atoms with Crippen molar-refractivity contribution in [3.63, 3.8) is 0 Å². The van der Waals surface area contributed by atoms with E-state index in [9.17, 15) is 22.9 Å². The normalized spacial score (nSPS) is 22.2. The average Bonchev–Trinajstić information content (AvgIpc) is 3.07. The molecule has 4 rings (SSSR count). The van der Waals surface area contributed by atoms with Gasteiger partial charge in [-0.1, -0.05) is 20.3 Å². The first-order valence-corrected chi connectivity index (χ1v) is 12.7. The molecule has 2 aromatic heterocycles. The second-order valence-corrected chi connectivity index (χ2v) is 11.5. The number of pyridine rings is 2. The van der Waals surface area contributed by atoms with Crippen LogP contribution >= 0.6 is 0 Å². The average molecular weight is 462 g/mol. The van der Waals surface area contributed by atoms with E-state index in [0.717, 1.165) is 25.3 Å². The minimum atomic E-state index is -3.23. The van der Waals surface area contributed by atoms with Gasteiger partial charge in [0, 0.05) is 36.8 Å². The largest absolute Gasteiger partial charge is 0.366 e. The van der Waals surface area contributed by atoms with Gasteiger partial charge in [-0.3, -0.25) is 4.79 Å². The minimum Gasteiger partial charge on any atom is -0.366 e. The summed E-state index contributed by atoms with van der Waals surface area (Å²) in [4.78, 5) is 17.3. The number of aromatic nitrogens is 2. The van der Waals surface area contributed by atoms with Gasteiger partial charge in [0.05, 0.1) is 11.8 Å². The molecule has 8 nitrogen and oxygen atoms in total. The Labute approximate surface area is 187 Å². The summed E-state index contributed by atoms with van der Waals surface area (Å²) in [7, 11) is -3.23. The molecule has 2 aliphatic rings. The SMILES string of the molecule is CC1(C)CCC[C@H]1n1c(=O)c(F)cc2cnc(NC3CCN(S(C)(=O)=O)CC3)c(C#N)c21. The number of piperidine rings is 1. The molecule has 1 aliphatic carbocycles. The van der Waals surface area contributed by atoms with Crippen molar-refractivity contribution in [2.24, 2.45) is 5.41 Å². The number of nitriles is 1. The van der Waals surface area contributed by atoms with E-state index in [4.69, 9.17) is 0 Å². The predicted molar refractivity (Wildman–Crippen MR) is 120 cm³/mol. The third kappa shape index (κ3) is 3.99. The zero-order valence-corrected chi connectivity index (χ0v) is 19.4. The van der Waals surface area contributed by atoms with Crippen molar-refractivity contribution in [1.82, 2.24) is 13.9 Å². The molecular formula is C22H28FN5O3S. The summed E-state index contributed by atoms with van der Waals surface area (Å²) in [6, 6.07) is 3.06. The van der Waals surface area contributed by atoms with Crippen molar-refractivity contribution < 1.29 is 12.8 Å². The second-order valence-electron chi connectivity index (χ2n) is 9.54. The Hall–Kier alpha value is -2.51. The molecular weight excluding hydrogens is 433 g/mol. The van der Waals surface area contributed by atoms with Crippen molar-refractivity contribution >= 4 is 26.7 Å². The summed E-state index contributed by atoms with van der Waals surface area (Å²) >= 11 is 0. The fourth-order valence-electron chi connectivity index (χ4n) is 5.12. The molecule has 0 bridgehead atoms. The number of nitrogens with one attached hydrogen (secondary N) is 1. The first-order chi connectivity index (χ1) is 15.0. The fourth-order valence-corrected chi connectivity index (χ4v) is 6.00. The van der Waals surface area contributed by atoms with E-state index in [-0.39, 0.29) is 23.1 Å². The third-order valence-corrected chi connectivity index (χ3v) is 8.22. The van der Waals surface area contributed by atoms with Crippen molar-refractivity contribution in [3.05, 3.63) is 34.0 Å². The number of hydrogen-bond donors (Lipinski definition) is 1. The molecule has 0 unspecified atom stereocenters. The number of rotatable bonds is 4. The number of fused-ring (bicyclic) bond motifs is 1. The van der Waals surface area contributed by atoms with E-state index >= 15 is 0 Å². The first kappa shape index (κ1) is 22.7. The molecule has 1 aliphatic heterocycles. The molecule has 0 amide bonds. The molecule has 2 aromatic rings. The Balaban J connectivity index is 1.77. The Morgan fingerprint density at radius 2 is 1.97 bits per heavy atom. The van der Waals surface area contributed by atoms with Crippen LogP contribution in [-0.4, -0.2) is 47.7 Å². The lowest BCUT2D eigenvalue weighted by Gasteiger charge is -2.32. The maximum Gasteiger partial charge on any atom is 0.287 e. The van der Waals surface area contributed by atoms with Crippen LogP contribution in [0.25, 0.3) is 10.9 Å². The highest BCUT2D eigenvalue weighted by Crippen LogP contribution is 2.46. The van der Waals surface area contributed by atoms with Crippen LogP contribution in [-0.2, 0) is 10.0 Å². The molecule has 1 saturated heterocycles. The highest BCUT2D eigenvalue weighted by Gasteiger charge is 2.38. The van der Waals surface area contributed by atoms with Crippen LogP contribution in [0.4, 0.5) is 10.2 Å². The van der Waals surface area contributed by atoms with Gasteiger partial charge >= 0.3 is 0 Å². The Morgan fingerprint density at radius 3 is 2.53 bits per heavy atom. The van der Waals surface area contributed by atoms with Gasteiger partial charge in [-0.05, 0) is 37.2 Å². The van der Waals surface area contributed by atoms with Crippen molar-refractivity contribution in [1.29, 1.82) is 5.26 Å². The van der Waals surface area contributed by atoms with Gasteiger partial charge in [0.15, 0.2) is 5.82 Å². The molecule has 32 heavy (non-hydrogen) atoms. The zero-order chi connectivity index (χ0) is 23.3. The number of nitrogens with zero attached hydrogens (tertiary/aromatic N) is 4. The Kier molecular flexibility index (Phi) is 5.75. The molecule has 3 heterocycles. The molecule has 172 valence electrons. The highest BCUT2D eigenvalue weighted by atomic mass is 32.2. The first-order valence-electron chi connectivity index (χ1n) is 10.9. The van der Waals surface area contributed by atoms with Crippen molar-refractivity contribution in [3.8, 4) is 6.07 Å². The van der Waals surface area contributed by atoms with Gasteiger partial charge < -0.3 is 9.88 Å². The quantitative estimate of drug-likeness (QED) is 0.750. The predicted octanol–water partition coefficient (Wildman–Crippen LogP) is 2.99. The second kappa shape index (κ2) is 8.12. The topological polar surface area (TPSA) is 108 Å². The number of sulfonamides is 1. The van der Waals surface area contributed by atoms with Crippen LogP contribution in [0.1, 0.15) is 57.6 Å². The molecule has 0 spiro atoms. The van der Waals surface area contributed by atoms with E-state index in [1.54, 1.807) is 0 Å². The smallest absolute Gasteiger partial charge is 0.287 e. The van der Waals surface area contributed by atoms with Crippen LogP contribution in [0.2, 0.25) is 0 Å². The maximum atomic E-state index is 14.5. The van der Waals surface area contributed by atoms with Crippen LogP contribution in [0, 0.1) is 22.6 Å². The van der Waals surface area contributed by atoms with Crippen LogP contribution < -0.4 is 10.9 Å². The van der Waals surface area contributed by atoms with Gasteiger partial charge in [-0.2, -0.15) is 5.26 Å².